The minimum atomic E-state index is -0.450. The van der Waals surface area contributed by atoms with E-state index in [1.54, 1.807) is 48.5 Å². The van der Waals surface area contributed by atoms with Crippen molar-refractivity contribution in [1.29, 1.82) is 0 Å². The molecule has 1 amide bonds. The van der Waals surface area contributed by atoms with E-state index in [-0.39, 0.29) is 5.69 Å². The summed E-state index contributed by atoms with van der Waals surface area (Å²) in [4.78, 5) is 12.7. The van der Waals surface area contributed by atoms with Crippen LogP contribution in [0.1, 0.15) is 10.5 Å². The van der Waals surface area contributed by atoms with Crippen LogP contribution in [0.25, 0.3) is 11.3 Å². The van der Waals surface area contributed by atoms with E-state index in [0.29, 0.717) is 33.0 Å². The predicted octanol–water partition coefficient (Wildman–Crippen LogP) is 6.69. The maximum atomic E-state index is 12.7. The van der Waals surface area contributed by atoms with Gasteiger partial charge in [0.05, 0.1) is 5.69 Å². The molecule has 0 spiro atoms. The first kappa shape index (κ1) is 19.1. The van der Waals surface area contributed by atoms with E-state index >= 15 is 0 Å². The highest BCUT2D eigenvalue weighted by Gasteiger charge is 2.16. The Labute approximate surface area is 176 Å². The van der Waals surface area contributed by atoms with Crippen LogP contribution in [-0.4, -0.2) is 11.1 Å². The van der Waals surface area contributed by atoms with E-state index in [1.165, 1.54) is 0 Å². The van der Waals surface area contributed by atoms with Crippen LogP contribution in [0.2, 0.25) is 10.0 Å². The average Bonchev–Trinajstić information content (AvgIpc) is 3.22. The third-order valence-corrected chi connectivity index (χ3v) is 4.52. The van der Waals surface area contributed by atoms with Gasteiger partial charge in [-0.2, -0.15) is 0 Å². The summed E-state index contributed by atoms with van der Waals surface area (Å²) < 4.78 is 11.1. The molecule has 4 rings (SSSR count). The van der Waals surface area contributed by atoms with Gasteiger partial charge in [0.1, 0.15) is 5.75 Å². The molecule has 0 aliphatic heterocycles. The molecule has 5 nitrogen and oxygen atoms in total. The third-order valence-electron chi connectivity index (χ3n) is 4.03. The Kier molecular flexibility index (Phi) is 5.51. The first-order chi connectivity index (χ1) is 14.1. The minimum Gasteiger partial charge on any atom is -0.455 e. The summed E-state index contributed by atoms with van der Waals surface area (Å²) in [6.45, 7) is 0. The van der Waals surface area contributed by atoms with E-state index in [4.69, 9.17) is 32.5 Å². The second-order valence-electron chi connectivity index (χ2n) is 6.09. The average molecular weight is 425 g/mol. The van der Waals surface area contributed by atoms with Gasteiger partial charge in [0.15, 0.2) is 17.2 Å². The number of nitrogens with one attached hydrogen (secondary N) is 1. The number of para-hydroxylation sites is 1. The fourth-order valence-electron chi connectivity index (χ4n) is 2.62. The Morgan fingerprint density at radius 1 is 0.897 bits per heavy atom. The zero-order chi connectivity index (χ0) is 20.2. The van der Waals surface area contributed by atoms with Crippen LogP contribution in [0.5, 0.6) is 11.5 Å². The highest BCUT2D eigenvalue weighted by molar-refractivity contribution is 6.31. The van der Waals surface area contributed by atoms with E-state index in [1.807, 2.05) is 30.3 Å². The van der Waals surface area contributed by atoms with Gasteiger partial charge in [-0.15, -0.1) is 0 Å². The molecule has 0 atom stereocenters. The number of rotatable bonds is 5. The largest absolute Gasteiger partial charge is 0.455 e. The molecular weight excluding hydrogens is 411 g/mol. The summed E-state index contributed by atoms with van der Waals surface area (Å²) >= 11 is 12.0. The molecule has 29 heavy (non-hydrogen) atoms. The smallest absolute Gasteiger partial charge is 0.277 e. The lowest BCUT2D eigenvalue weighted by molar-refractivity contribution is 0.101. The molecule has 1 heterocycles. The number of carbonyl (C=O) groups is 1. The topological polar surface area (TPSA) is 64.4 Å². The molecule has 1 aromatic heterocycles. The number of hydrogen-bond donors (Lipinski definition) is 1. The van der Waals surface area contributed by atoms with Gasteiger partial charge >= 0.3 is 0 Å². The predicted molar refractivity (Wildman–Crippen MR) is 113 cm³/mol. The summed E-state index contributed by atoms with van der Waals surface area (Å²) in [7, 11) is 0. The highest BCUT2D eigenvalue weighted by Crippen LogP contribution is 2.32. The molecule has 144 valence electrons. The lowest BCUT2D eigenvalue weighted by atomic mass is 10.1. The fourth-order valence-corrected chi connectivity index (χ4v) is 2.92. The van der Waals surface area contributed by atoms with Gasteiger partial charge < -0.3 is 14.6 Å². The van der Waals surface area contributed by atoms with Crippen molar-refractivity contribution in [1.82, 2.24) is 5.16 Å². The van der Waals surface area contributed by atoms with Crippen molar-refractivity contribution in [2.75, 3.05) is 5.32 Å². The molecule has 0 radical (unpaired) electrons. The number of benzene rings is 3. The quantitative estimate of drug-likeness (QED) is 0.387. The number of carbonyl (C=O) groups excluding carboxylic acids is 1. The van der Waals surface area contributed by atoms with E-state index in [2.05, 4.69) is 10.5 Å². The molecule has 7 heteroatoms. The monoisotopic (exact) mass is 424 g/mol. The number of aromatic nitrogens is 1. The second kappa shape index (κ2) is 8.39. The SMILES string of the molecule is O=C(Nc1cc(Cl)ccc1Oc1ccccc1)c1cc(-c2ccc(Cl)cc2)on1. The van der Waals surface area contributed by atoms with Gasteiger partial charge in [-0.3, -0.25) is 4.79 Å². The van der Waals surface area contributed by atoms with Crippen molar-refractivity contribution < 1.29 is 14.1 Å². The van der Waals surface area contributed by atoms with Crippen LogP contribution in [0, 0.1) is 0 Å². The maximum absolute atomic E-state index is 12.7. The summed E-state index contributed by atoms with van der Waals surface area (Å²) in [5.74, 6) is 1.10. The van der Waals surface area contributed by atoms with Crippen molar-refractivity contribution in [3.05, 3.63) is 94.6 Å². The Morgan fingerprint density at radius 3 is 2.38 bits per heavy atom. The van der Waals surface area contributed by atoms with Crippen molar-refractivity contribution in [2.45, 2.75) is 0 Å². The molecule has 3 aromatic carbocycles. The number of halogens is 2. The van der Waals surface area contributed by atoms with Gasteiger partial charge in [0.2, 0.25) is 0 Å². The molecule has 0 unspecified atom stereocenters. The summed E-state index contributed by atoms with van der Waals surface area (Å²) in [5, 5.41) is 7.69. The van der Waals surface area contributed by atoms with Crippen molar-refractivity contribution in [3.8, 4) is 22.8 Å². The molecule has 0 bridgehead atoms. The molecule has 0 aliphatic rings. The van der Waals surface area contributed by atoms with Crippen LogP contribution in [0.3, 0.4) is 0 Å². The van der Waals surface area contributed by atoms with Crippen LogP contribution < -0.4 is 10.1 Å². The minimum absolute atomic E-state index is 0.126. The maximum Gasteiger partial charge on any atom is 0.277 e. The first-order valence-electron chi connectivity index (χ1n) is 8.65. The molecular formula is C22H14Cl2N2O3. The van der Waals surface area contributed by atoms with Gasteiger partial charge in [-0.1, -0.05) is 46.6 Å². The van der Waals surface area contributed by atoms with Gasteiger partial charge in [0.25, 0.3) is 5.91 Å². The van der Waals surface area contributed by atoms with Crippen LogP contribution >= 0.6 is 23.2 Å². The summed E-state index contributed by atoms with van der Waals surface area (Å²) in [5.41, 5.74) is 1.31. The Morgan fingerprint density at radius 2 is 1.62 bits per heavy atom. The second-order valence-corrected chi connectivity index (χ2v) is 6.97. The molecule has 1 N–H and O–H groups in total. The molecule has 4 aromatic rings. The standard InChI is InChI=1S/C22H14Cl2N2O3/c23-15-8-6-14(7-9-15)21-13-19(26-29-21)22(27)25-18-12-16(24)10-11-20(18)28-17-4-2-1-3-5-17/h1-13H,(H,25,27). The number of ether oxygens (including phenoxy) is 1. The zero-order valence-electron chi connectivity index (χ0n) is 14.9. The zero-order valence-corrected chi connectivity index (χ0v) is 16.4. The number of amides is 1. The lowest BCUT2D eigenvalue weighted by Gasteiger charge is -2.12. The number of nitrogens with zero attached hydrogens (tertiary/aromatic N) is 1. The van der Waals surface area contributed by atoms with Crippen molar-refractivity contribution in [3.63, 3.8) is 0 Å². The van der Waals surface area contributed by atoms with E-state index < -0.39 is 5.91 Å². The Hall–Kier alpha value is -3.28. The molecule has 0 fully saturated rings. The molecule has 0 saturated heterocycles. The molecule has 0 aliphatic carbocycles. The molecule has 0 saturated carbocycles. The summed E-state index contributed by atoms with van der Waals surface area (Å²) in [6.07, 6.45) is 0. The van der Waals surface area contributed by atoms with Gasteiger partial charge in [0, 0.05) is 21.7 Å². The fraction of sp³-hybridized carbons (Fsp3) is 0. The lowest BCUT2D eigenvalue weighted by Crippen LogP contribution is -2.12. The number of anilines is 1. The van der Waals surface area contributed by atoms with Crippen LogP contribution in [-0.2, 0) is 0 Å². The first-order valence-corrected chi connectivity index (χ1v) is 9.40. The van der Waals surface area contributed by atoms with Gasteiger partial charge in [-0.05, 0) is 54.6 Å². The Bertz CT molecular complexity index is 1140. The van der Waals surface area contributed by atoms with E-state index in [9.17, 15) is 4.79 Å². The van der Waals surface area contributed by atoms with Crippen molar-refractivity contribution >= 4 is 34.8 Å². The normalized spacial score (nSPS) is 10.6. The third kappa shape index (κ3) is 4.59. The highest BCUT2D eigenvalue weighted by atomic mass is 35.5. The Balaban J connectivity index is 1.55. The van der Waals surface area contributed by atoms with Crippen LogP contribution in [0.4, 0.5) is 5.69 Å². The summed E-state index contributed by atoms with van der Waals surface area (Å²) in [6, 6.07) is 22.8. The van der Waals surface area contributed by atoms with E-state index in [0.717, 1.165) is 5.56 Å². The number of hydrogen-bond acceptors (Lipinski definition) is 4. The van der Waals surface area contributed by atoms with Crippen molar-refractivity contribution in [2.24, 2.45) is 0 Å². The van der Waals surface area contributed by atoms with Gasteiger partial charge in [-0.25, -0.2) is 0 Å². The van der Waals surface area contributed by atoms with Crippen LogP contribution in [0.15, 0.2) is 83.4 Å².